The van der Waals surface area contributed by atoms with Crippen LogP contribution >= 0.6 is 0 Å². The van der Waals surface area contributed by atoms with Gasteiger partial charge in [0.15, 0.2) is 11.8 Å². The topological polar surface area (TPSA) is 79.6 Å². The van der Waals surface area contributed by atoms with Crippen LogP contribution in [0.15, 0.2) is 114 Å². The molecule has 1 amide bonds. The highest BCUT2D eigenvalue weighted by atomic mass is 16.3. The Labute approximate surface area is 228 Å². The smallest absolute Gasteiger partial charge is 0.253 e. The van der Waals surface area contributed by atoms with Crippen LogP contribution in [-0.2, 0) is 10.4 Å². The number of rotatable bonds is 7. The summed E-state index contributed by atoms with van der Waals surface area (Å²) in [5, 5.41) is 12.2. The third-order valence-corrected chi connectivity index (χ3v) is 7.75. The Balaban J connectivity index is 1.43. The molecule has 0 bridgehead atoms. The molecule has 6 heteroatoms. The van der Waals surface area contributed by atoms with E-state index in [0.717, 1.165) is 16.7 Å². The van der Waals surface area contributed by atoms with Gasteiger partial charge in [-0.3, -0.25) is 19.0 Å². The van der Waals surface area contributed by atoms with Gasteiger partial charge in [-0.1, -0.05) is 91.0 Å². The van der Waals surface area contributed by atoms with Crippen LogP contribution in [0.5, 0.6) is 0 Å². The molecule has 1 aromatic heterocycles. The van der Waals surface area contributed by atoms with Crippen LogP contribution in [0.4, 0.5) is 0 Å². The molecule has 1 fully saturated rings. The highest BCUT2D eigenvalue weighted by Gasteiger charge is 2.43. The number of carbonyl (C=O) groups is 2. The van der Waals surface area contributed by atoms with E-state index in [-0.39, 0.29) is 5.92 Å². The van der Waals surface area contributed by atoms with Crippen molar-refractivity contribution in [2.75, 3.05) is 13.1 Å². The van der Waals surface area contributed by atoms with E-state index in [1.165, 1.54) is 16.8 Å². The van der Waals surface area contributed by atoms with Gasteiger partial charge in [0.2, 0.25) is 0 Å². The van der Waals surface area contributed by atoms with E-state index < -0.39 is 28.9 Å². The zero-order chi connectivity index (χ0) is 27.4. The zero-order valence-corrected chi connectivity index (χ0v) is 21.9. The molecule has 5 rings (SSSR count). The number of ketones is 1. The number of aliphatic hydroxyl groups is 1. The fourth-order valence-corrected chi connectivity index (χ4v) is 5.63. The van der Waals surface area contributed by atoms with Crippen LogP contribution in [0.1, 0.15) is 45.9 Å². The van der Waals surface area contributed by atoms with E-state index in [0.29, 0.717) is 31.5 Å². The van der Waals surface area contributed by atoms with Crippen molar-refractivity contribution in [2.45, 2.75) is 31.4 Å². The minimum atomic E-state index is -1.29. The predicted molar refractivity (Wildman–Crippen MR) is 150 cm³/mol. The fraction of sp³-hybridized carbons (Fsp3) is 0.242. The molecule has 1 aliphatic rings. The number of pyridine rings is 1. The molecular weight excluding hydrogens is 488 g/mol. The Morgan fingerprint density at radius 1 is 0.821 bits per heavy atom. The Hall–Kier alpha value is -4.29. The number of hydrogen-bond donors (Lipinski definition) is 1. The fourth-order valence-electron chi connectivity index (χ4n) is 5.63. The number of carbonyl (C=O) groups excluding carboxylic acids is 2. The quantitative estimate of drug-likeness (QED) is 0.282. The normalized spacial score (nSPS) is 15.1. The lowest BCUT2D eigenvalue weighted by Crippen LogP contribution is -2.49. The lowest BCUT2D eigenvalue weighted by Gasteiger charge is -2.43. The largest absolute Gasteiger partial charge is 0.380 e. The summed E-state index contributed by atoms with van der Waals surface area (Å²) < 4.78 is 1.24. The Morgan fingerprint density at radius 3 is 1.85 bits per heavy atom. The van der Waals surface area contributed by atoms with E-state index in [1.807, 2.05) is 60.7 Å². The number of aryl methyl sites for hydroxylation is 1. The standard InChI is InChI=1S/C33H32N2O4/c1-24-17-22-35(29(36)23-24)30(31(37)25-11-5-2-6-12-25)32(38)34-20-18-28(19-21-34)33(39,26-13-7-3-8-14-26)27-15-9-4-10-16-27/h2-17,22-23,28,30,39H,18-21H2,1H3. The van der Waals surface area contributed by atoms with Gasteiger partial charge in [-0.25, -0.2) is 0 Å². The summed E-state index contributed by atoms with van der Waals surface area (Å²) in [6.45, 7) is 2.53. The summed E-state index contributed by atoms with van der Waals surface area (Å²) in [6, 6.07) is 29.7. The van der Waals surface area contributed by atoms with Gasteiger partial charge in [-0.15, -0.1) is 0 Å². The molecule has 39 heavy (non-hydrogen) atoms. The summed E-state index contributed by atoms with van der Waals surface area (Å²) in [6.07, 6.45) is 2.61. The molecule has 0 spiro atoms. The lowest BCUT2D eigenvalue weighted by atomic mass is 9.72. The number of benzene rings is 3. The number of likely N-dealkylation sites (tertiary alicyclic amines) is 1. The number of hydrogen-bond acceptors (Lipinski definition) is 4. The van der Waals surface area contributed by atoms with Gasteiger partial charge in [-0.2, -0.15) is 0 Å². The molecule has 198 valence electrons. The molecule has 2 heterocycles. The third-order valence-electron chi connectivity index (χ3n) is 7.75. The SMILES string of the molecule is Cc1ccn(C(C(=O)c2ccccc2)C(=O)N2CCC(C(O)(c3ccccc3)c3ccccc3)CC2)c(=O)c1. The van der Waals surface area contributed by atoms with Crippen LogP contribution in [0, 0.1) is 12.8 Å². The summed E-state index contributed by atoms with van der Waals surface area (Å²) >= 11 is 0. The van der Waals surface area contributed by atoms with Crippen LogP contribution in [0.2, 0.25) is 0 Å². The van der Waals surface area contributed by atoms with Crippen molar-refractivity contribution >= 4 is 11.7 Å². The first-order valence-electron chi connectivity index (χ1n) is 13.3. The van der Waals surface area contributed by atoms with Crippen molar-refractivity contribution in [3.8, 4) is 0 Å². The monoisotopic (exact) mass is 520 g/mol. The highest BCUT2D eigenvalue weighted by molar-refractivity contribution is 6.11. The number of nitrogens with zero attached hydrogens (tertiary/aromatic N) is 2. The first-order chi connectivity index (χ1) is 18.9. The Kier molecular flexibility index (Phi) is 7.57. The van der Waals surface area contributed by atoms with Crippen molar-refractivity contribution < 1.29 is 14.7 Å². The van der Waals surface area contributed by atoms with E-state index in [2.05, 4.69) is 0 Å². The van der Waals surface area contributed by atoms with Gasteiger partial charge in [0, 0.05) is 30.9 Å². The lowest BCUT2D eigenvalue weighted by molar-refractivity contribution is -0.136. The molecule has 6 nitrogen and oxygen atoms in total. The highest BCUT2D eigenvalue weighted by Crippen LogP contribution is 2.42. The van der Waals surface area contributed by atoms with Crippen molar-refractivity contribution in [3.63, 3.8) is 0 Å². The van der Waals surface area contributed by atoms with E-state index in [1.54, 1.807) is 48.2 Å². The zero-order valence-electron chi connectivity index (χ0n) is 21.9. The third kappa shape index (κ3) is 5.20. The van der Waals surface area contributed by atoms with Gasteiger partial charge >= 0.3 is 0 Å². The molecule has 0 radical (unpaired) electrons. The van der Waals surface area contributed by atoms with E-state index >= 15 is 0 Å². The molecule has 1 atom stereocenters. The van der Waals surface area contributed by atoms with Gasteiger partial charge < -0.3 is 10.0 Å². The van der Waals surface area contributed by atoms with Gasteiger partial charge in [0.1, 0.15) is 5.60 Å². The van der Waals surface area contributed by atoms with Crippen LogP contribution in [0.25, 0.3) is 0 Å². The maximum atomic E-state index is 13.9. The van der Waals surface area contributed by atoms with Gasteiger partial charge in [0.05, 0.1) is 0 Å². The minimum absolute atomic E-state index is 0.142. The van der Waals surface area contributed by atoms with Crippen molar-refractivity contribution in [3.05, 3.63) is 142 Å². The second-order valence-corrected chi connectivity index (χ2v) is 10.2. The molecule has 4 aromatic rings. The van der Waals surface area contributed by atoms with Crippen LogP contribution in [0.3, 0.4) is 0 Å². The number of aromatic nitrogens is 1. The summed E-state index contributed by atoms with van der Waals surface area (Å²) in [4.78, 5) is 42.1. The maximum absolute atomic E-state index is 13.9. The number of piperidine rings is 1. The molecule has 0 saturated carbocycles. The van der Waals surface area contributed by atoms with Gasteiger partial charge in [-0.05, 0) is 48.4 Å². The van der Waals surface area contributed by atoms with Crippen LogP contribution < -0.4 is 5.56 Å². The Morgan fingerprint density at radius 2 is 1.33 bits per heavy atom. The van der Waals surface area contributed by atoms with Crippen molar-refractivity contribution in [2.24, 2.45) is 5.92 Å². The van der Waals surface area contributed by atoms with Crippen LogP contribution in [-0.4, -0.2) is 39.4 Å². The number of amides is 1. The van der Waals surface area contributed by atoms with E-state index in [4.69, 9.17) is 0 Å². The van der Waals surface area contributed by atoms with E-state index in [9.17, 15) is 19.5 Å². The maximum Gasteiger partial charge on any atom is 0.253 e. The van der Waals surface area contributed by atoms with Crippen molar-refractivity contribution in [1.29, 1.82) is 0 Å². The average Bonchev–Trinajstić information content (AvgIpc) is 2.99. The van der Waals surface area contributed by atoms with Gasteiger partial charge in [0.25, 0.3) is 11.5 Å². The molecule has 1 N–H and O–H groups in total. The first kappa shape index (κ1) is 26.3. The molecule has 1 saturated heterocycles. The molecule has 1 aliphatic heterocycles. The molecule has 1 unspecified atom stereocenters. The predicted octanol–water partition coefficient (Wildman–Crippen LogP) is 4.76. The minimum Gasteiger partial charge on any atom is -0.380 e. The first-order valence-corrected chi connectivity index (χ1v) is 13.3. The summed E-state index contributed by atoms with van der Waals surface area (Å²) in [5.74, 6) is -0.966. The second-order valence-electron chi connectivity index (χ2n) is 10.2. The number of Topliss-reactive ketones (excluding diaryl/α,β-unsaturated/α-hetero) is 1. The summed E-state index contributed by atoms with van der Waals surface area (Å²) in [7, 11) is 0. The Bertz CT molecular complexity index is 1450. The molecule has 3 aromatic carbocycles. The van der Waals surface area contributed by atoms with Crippen molar-refractivity contribution in [1.82, 2.24) is 9.47 Å². The second kappa shape index (κ2) is 11.2. The average molecular weight is 521 g/mol. The summed E-state index contributed by atoms with van der Waals surface area (Å²) in [5.41, 5.74) is 1.14. The molecule has 0 aliphatic carbocycles. The molecular formula is C33H32N2O4.